The molecule has 0 unspecified atom stereocenters. The molecule has 1 aliphatic carbocycles. The quantitative estimate of drug-likeness (QED) is 0.619. The first-order chi connectivity index (χ1) is 7.18. The SMILES string of the molecule is Fc1cc(F)c([C@@H]2[CH]CCCC2)cc1F. The minimum absolute atomic E-state index is 0.0613. The normalized spacial score (nSPS) is 18.1. The van der Waals surface area contributed by atoms with Crippen LogP contribution in [0.5, 0.6) is 0 Å². The van der Waals surface area contributed by atoms with E-state index in [2.05, 4.69) is 0 Å². The topological polar surface area (TPSA) is 0 Å². The minimum Gasteiger partial charge on any atom is -0.207 e. The van der Waals surface area contributed by atoms with Crippen LogP contribution in [0.25, 0.3) is 0 Å². The summed E-state index contributed by atoms with van der Waals surface area (Å²) in [7, 11) is 0. The van der Waals surface area contributed by atoms with Crippen LogP contribution < -0.4 is 0 Å². The van der Waals surface area contributed by atoms with E-state index in [1.807, 2.05) is 6.42 Å². The van der Waals surface area contributed by atoms with Crippen LogP contribution in [0.4, 0.5) is 13.2 Å². The lowest BCUT2D eigenvalue weighted by atomic mass is 9.84. The van der Waals surface area contributed by atoms with Crippen LogP contribution in [0.2, 0.25) is 0 Å². The molecule has 1 atom stereocenters. The Morgan fingerprint density at radius 1 is 0.933 bits per heavy atom. The molecule has 1 aromatic rings. The largest absolute Gasteiger partial charge is 0.207 e. The van der Waals surface area contributed by atoms with E-state index in [0.717, 1.165) is 31.7 Å². The maximum absolute atomic E-state index is 13.4. The van der Waals surface area contributed by atoms with Gasteiger partial charge in [-0.05, 0) is 36.8 Å². The molecule has 0 saturated heterocycles. The molecule has 15 heavy (non-hydrogen) atoms. The van der Waals surface area contributed by atoms with Crippen molar-refractivity contribution in [2.24, 2.45) is 0 Å². The zero-order valence-corrected chi connectivity index (χ0v) is 8.27. The van der Waals surface area contributed by atoms with Gasteiger partial charge in [0.25, 0.3) is 0 Å². The van der Waals surface area contributed by atoms with Gasteiger partial charge in [0.1, 0.15) is 5.82 Å². The van der Waals surface area contributed by atoms with Gasteiger partial charge in [0.15, 0.2) is 11.6 Å². The molecule has 0 amide bonds. The van der Waals surface area contributed by atoms with Crippen molar-refractivity contribution >= 4 is 0 Å². The number of halogens is 3. The van der Waals surface area contributed by atoms with Gasteiger partial charge in [-0.2, -0.15) is 0 Å². The Morgan fingerprint density at radius 2 is 1.67 bits per heavy atom. The van der Waals surface area contributed by atoms with E-state index in [1.54, 1.807) is 0 Å². The summed E-state index contributed by atoms with van der Waals surface area (Å²) in [6.07, 6.45) is 5.84. The summed E-state index contributed by atoms with van der Waals surface area (Å²) in [4.78, 5) is 0. The van der Waals surface area contributed by atoms with E-state index < -0.39 is 17.5 Å². The molecule has 0 spiro atoms. The monoisotopic (exact) mass is 213 g/mol. The summed E-state index contributed by atoms with van der Waals surface area (Å²) < 4.78 is 39.0. The molecule has 1 aliphatic rings. The highest BCUT2D eigenvalue weighted by Crippen LogP contribution is 2.33. The maximum Gasteiger partial charge on any atom is 0.161 e. The molecule has 0 aromatic heterocycles. The number of benzene rings is 1. The standard InChI is InChI=1S/C12H12F3/c13-10-7-12(15)11(14)6-9(10)8-4-2-1-3-5-8/h4,6-8H,1-3,5H2/t8-/m1/s1. The molecule has 0 heterocycles. The lowest BCUT2D eigenvalue weighted by molar-refractivity contribution is 0.471. The van der Waals surface area contributed by atoms with Crippen LogP contribution in [0, 0.1) is 23.9 Å². The van der Waals surface area contributed by atoms with Crippen molar-refractivity contribution in [2.75, 3.05) is 0 Å². The number of hydrogen-bond acceptors (Lipinski definition) is 0. The van der Waals surface area contributed by atoms with E-state index in [4.69, 9.17) is 0 Å². The summed E-state index contributed by atoms with van der Waals surface area (Å²) >= 11 is 0. The van der Waals surface area contributed by atoms with Crippen LogP contribution in [-0.2, 0) is 0 Å². The third-order valence-corrected chi connectivity index (χ3v) is 2.86. The van der Waals surface area contributed by atoms with Crippen LogP contribution >= 0.6 is 0 Å². The zero-order valence-electron chi connectivity index (χ0n) is 8.27. The molecule has 0 N–H and O–H groups in total. The average Bonchev–Trinajstić information content (AvgIpc) is 2.25. The van der Waals surface area contributed by atoms with Gasteiger partial charge in [-0.15, -0.1) is 0 Å². The van der Waals surface area contributed by atoms with Crippen molar-refractivity contribution < 1.29 is 13.2 Å². The van der Waals surface area contributed by atoms with Crippen molar-refractivity contribution in [1.29, 1.82) is 0 Å². The van der Waals surface area contributed by atoms with Gasteiger partial charge < -0.3 is 0 Å². The van der Waals surface area contributed by atoms with E-state index in [0.29, 0.717) is 6.07 Å². The molecule has 0 nitrogen and oxygen atoms in total. The van der Waals surface area contributed by atoms with Crippen molar-refractivity contribution in [3.05, 3.63) is 41.6 Å². The average molecular weight is 213 g/mol. The van der Waals surface area contributed by atoms with E-state index in [9.17, 15) is 13.2 Å². The summed E-state index contributed by atoms with van der Waals surface area (Å²) in [6.45, 7) is 0. The second-order valence-electron chi connectivity index (χ2n) is 3.91. The molecule has 81 valence electrons. The molecular weight excluding hydrogens is 201 g/mol. The fourth-order valence-electron chi connectivity index (χ4n) is 2.05. The molecule has 0 bridgehead atoms. The first-order valence-corrected chi connectivity index (χ1v) is 5.16. The predicted molar refractivity (Wildman–Crippen MR) is 51.8 cm³/mol. The molecule has 1 radical (unpaired) electrons. The van der Waals surface area contributed by atoms with Crippen LogP contribution in [0.15, 0.2) is 12.1 Å². The first-order valence-electron chi connectivity index (χ1n) is 5.16. The van der Waals surface area contributed by atoms with Crippen LogP contribution in [0.3, 0.4) is 0 Å². The lowest BCUT2D eigenvalue weighted by Gasteiger charge is -2.22. The molecule has 1 fully saturated rings. The molecular formula is C12H12F3. The summed E-state index contributed by atoms with van der Waals surface area (Å²) in [5, 5.41) is 0. The van der Waals surface area contributed by atoms with Crippen molar-refractivity contribution in [3.63, 3.8) is 0 Å². The summed E-state index contributed by atoms with van der Waals surface area (Å²) in [5.41, 5.74) is 0.286. The third kappa shape index (κ3) is 2.16. The fraction of sp³-hybridized carbons (Fsp3) is 0.417. The lowest BCUT2D eigenvalue weighted by Crippen LogP contribution is -2.08. The predicted octanol–water partition coefficient (Wildman–Crippen LogP) is 3.97. The highest BCUT2D eigenvalue weighted by atomic mass is 19.2. The first kappa shape index (κ1) is 10.5. The Hall–Kier alpha value is -0.990. The van der Waals surface area contributed by atoms with Gasteiger partial charge in [0, 0.05) is 6.07 Å². The highest BCUT2D eigenvalue weighted by Gasteiger charge is 2.21. The maximum atomic E-state index is 13.4. The Balaban J connectivity index is 2.30. The smallest absolute Gasteiger partial charge is 0.161 e. The van der Waals surface area contributed by atoms with Crippen molar-refractivity contribution in [1.82, 2.24) is 0 Å². The van der Waals surface area contributed by atoms with E-state index >= 15 is 0 Å². The Labute approximate surface area is 87.1 Å². The van der Waals surface area contributed by atoms with Gasteiger partial charge in [0.2, 0.25) is 0 Å². The summed E-state index contributed by atoms with van der Waals surface area (Å²) in [5.74, 6) is -2.79. The molecule has 3 heteroatoms. The summed E-state index contributed by atoms with van der Waals surface area (Å²) in [6, 6.07) is 1.62. The zero-order chi connectivity index (χ0) is 10.8. The van der Waals surface area contributed by atoms with Crippen LogP contribution in [-0.4, -0.2) is 0 Å². The van der Waals surface area contributed by atoms with E-state index in [1.165, 1.54) is 0 Å². The van der Waals surface area contributed by atoms with Gasteiger partial charge in [0.05, 0.1) is 0 Å². The molecule has 2 rings (SSSR count). The van der Waals surface area contributed by atoms with Gasteiger partial charge in [-0.25, -0.2) is 13.2 Å². The minimum atomic E-state index is -1.12. The van der Waals surface area contributed by atoms with Gasteiger partial charge >= 0.3 is 0 Å². The van der Waals surface area contributed by atoms with Crippen LogP contribution in [0.1, 0.15) is 37.2 Å². The van der Waals surface area contributed by atoms with E-state index in [-0.39, 0.29) is 11.5 Å². The number of rotatable bonds is 1. The Kier molecular flexibility index (Phi) is 2.98. The Morgan fingerprint density at radius 3 is 2.33 bits per heavy atom. The van der Waals surface area contributed by atoms with Gasteiger partial charge in [-0.1, -0.05) is 12.8 Å². The Bertz CT molecular complexity index is 354. The van der Waals surface area contributed by atoms with Crippen molar-refractivity contribution in [3.8, 4) is 0 Å². The fourth-order valence-corrected chi connectivity index (χ4v) is 2.05. The van der Waals surface area contributed by atoms with Gasteiger partial charge in [-0.3, -0.25) is 0 Å². The number of hydrogen-bond donors (Lipinski definition) is 0. The second kappa shape index (κ2) is 4.25. The molecule has 1 saturated carbocycles. The highest BCUT2D eigenvalue weighted by molar-refractivity contribution is 5.26. The second-order valence-corrected chi connectivity index (χ2v) is 3.91. The van der Waals surface area contributed by atoms with Crippen molar-refractivity contribution in [2.45, 2.75) is 31.6 Å². The molecule has 0 aliphatic heterocycles. The third-order valence-electron chi connectivity index (χ3n) is 2.86. The molecule has 1 aromatic carbocycles.